The Balaban J connectivity index is 2.13. The van der Waals surface area contributed by atoms with Crippen LogP contribution >= 0.6 is 0 Å². The molecule has 0 saturated carbocycles. The van der Waals surface area contributed by atoms with Crippen LogP contribution in [-0.2, 0) is 9.59 Å². The molecule has 1 fully saturated rings. The van der Waals surface area contributed by atoms with E-state index in [2.05, 4.69) is 10.6 Å². The number of rotatable bonds is 2. The van der Waals surface area contributed by atoms with Gasteiger partial charge in [0.15, 0.2) is 0 Å². The van der Waals surface area contributed by atoms with Gasteiger partial charge in [0.25, 0.3) is 0 Å². The maximum Gasteiger partial charge on any atom is 0.247 e. The van der Waals surface area contributed by atoms with E-state index >= 15 is 0 Å². The number of carbonyl (C=O) groups excluding carboxylic acids is 2. The van der Waals surface area contributed by atoms with Crippen molar-refractivity contribution in [3.63, 3.8) is 0 Å². The zero-order valence-electron chi connectivity index (χ0n) is 9.62. The van der Waals surface area contributed by atoms with Crippen molar-refractivity contribution in [1.82, 2.24) is 5.32 Å². The van der Waals surface area contributed by atoms with Gasteiger partial charge in [0.2, 0.25) is 11.8 Å². The second kappa shape index (κ2) is 4.82. The number of amides is 2. The van der Waals surface area contributed by atoms with Gasteiger partial charge in [-0.3, -0.25) is 9.59 Å². The Morgan fingerprint density at radius 1 is 1.35 bits per heavy atom. The molecule has 2 rings (SSSR count). The molecule has 1 saturated heterocycles. The second-order valence-corrected chi connectivity index (χ2v) is 3.98. The average molecular weight is 230 g/mol. The molecule has 0 aromatic heterocycles. The molecule has 1 aliphatic heterocycles. The third-order valence-electron chi connectivity index (χ3n) is 2.54. The quantitative estimate of drug-likeness (QED) is 0.757. The third-order valence-corrected chi connectivity index (χ3v) is 2.54. The van der Waals surface area contributed by atoms with Crippen molar-refractivity contribution in [2.24, 2.45) is 0 Å². The van der Waals surface area contributed by atoms with Crippen molar-refractivity contribution in [3.05, 3.63) is 35.4 Å². The maximum absolute atomic E-state index is 11.4. The Kier molecular flexibility index (Phi) is 3.23. The van der Waals surface area contributed by atoms with Gasteiger partial charge in [-0.15, -0.1) is 0 Å². The summed E-state index contributed by atoms with van der Waals surface area (Å²) in [7, 11) is 0. The van der Waals surface area contributed by atoms with E-state index in [1.54, 1.807) is 0 Å². The van der Waals surface area contributed by atoms with Crippen molar-refractivity contribution < 1.29 is 9.59 Å². The van der Waals surface area contributed by atoms with Gasteiger partial charge >= 0.3 is 0 Å². The molecule has 0 spiro atoms. The number of anilines is 1. The van der Waals surface area contributed by atoms with Crippen LogP contribution in [0.4, 0.5) is 5.69 Å². The van der Waals surface area contributed by atoms with Crippen molar-refractivity contribution in [2.45, 2.75) is 13.3 Å². The number of hydrogen-bond acceptors (Lipinski definition) is 2. The normalized spacial score (nSPS) is 17.0. The van der Waals surface area contributed by atoms with E-state index in [0.29, 0.717) is 6.54 Å². The predicted molar refractivity (Wildman–Crippen MR) is 66.3 cm³/mol. The summed E-state index contributed by atoms with van der Waals surface area (Å²) in [6, 6.07) is 7.40. The molecule has 2 amide bonds. The fourth-order valence-electron chi connectivity index (χ4n) is 1.74. The Morgan fingerprint density at radius 3 is 2.59 bits per heavy atom. The van der Waals surface area contributed by atoms with Crippen molar-refractivity contribution in [3.8, 4) is 0 Å². The summed E-state index contributed by atoms with van der Waals surface area (Å²) in [6.45, 7) is 2.19. The minimum Gasteiger partial charge on any atom is -0.352 e. The van der Waals surface area contributed by atoms with Crippen molar-refractivity contribution >= 4 is 23.6 Å². The molecule has 1 heterocycles. The van der Waals surface area contributed by atoms with Gasteiger partial charge < -0.3 is 10.6 Å². The molecule has 0 atom stereocenters. The lowest BCUT2D eigenvalue weighted by Crippen LogP contribution is -2.13. The van der Waals surface area contributed by atoms with Crippen LogP contribution < -0.4 is 10.6 Å². The third kappa shape index (κ3) is 2.93. The van der Waals surface area contributed by atoms with E-state index in [9.17, 15) is 9.59 Å². The van der Waals surface area contributed by atoms with Gasteiger partial charge in [-0.2, -0.15) is 0 Å². The van der Waals surface area contributed by atoms with E-state index in [1.807, 2.05) is 30.3 Å². The van der Waals surface area contributed by atoms with Crippen LogP contribution in [0.5, 0.6) is 0 Å². The van der Waals surface area contributed by atoms with E-state index in [4.69, 9.17) is 0 Å². The molecule has 0 bridgehead atoms. The Labute approximate surface area is 99.7 Å². The van der Waals surface area contributed by atoms with Gasteiger partial charge in [-0.05, 0) is 30.2 Å². The van der Waals surface area contributed by atoms with Crippen LogP contribution in [0.15, 0.2) is 29.8 Å². The van der Waals surface area contributed by atoms with E-state index in [-0.39, 0.29) is 11.8 Å². The smallest absolute Gasteiger partial charge is 0.247 e. The summed E-state index contributed by atoms with van der Waals surface area (Å²) in [6.07, 6.45) is 2.65. The number of nitrogens with one attached hydrogen (secondary N) is 2. The summed E-state index contributed by atoms with van der Waals surface area (Å²) < 4.78 is 0. The SMILES string of the molecule is CC(=O)Nc1ccc(/C=C2/CCNC2=O)cc1. The molecule has 4 nitrogen and oxygen atoms in total. The van der Waals surface area contributed by atoms with Crippen LogP contribution in [-0.4, -0.2) is 18.4 Å². The molecule has 0 radical (unpaired) electrons. The number of benzene rings is 1. The topological polar surface area (TPSA) is 58.2 Å². The largest absolute Gasteiger partial charge is 0.352 e. The highest BCUT2D eigenvalue weighted by Crippen LogP contribution is 2.16. The molecular formula is C13H14N2O2. The molecular weight excluding hydrogens is 216 g/mol. The van der Waals surface area contributed by atoms with Crippen LogP contribution in [0.25, 0.3) is 6.08 Å². The van der Waals surface area contributed by atoms with Crippen LogP contribution in [0, 0.1) is 0 Å². The van der Waals surface area contributed by atoms with E-state index in [0.717, 1.165) is 23.2 Å². The average Bonchev–Trinajstić information content (AvgIpc) is 2.67. The Hall–Kier alpha value is -2.10. The van der Waals surface area contributed by atoms with Gasteiger partial charge in [-0.1, -0.05) is 12.1 Å². The highest BCUT2D eigenvalue weighted by atomic mass is 16.2. The second-order valence-electron chi connectivity index (χ2n) is 3.98. The summed E-state index contributed by atoms with van der Waals surface area (Å²) in [4.78, 5) is 22.2. The lowest BCUT2D eigenvalue weighted by molar-refractivity contribution is -0.116. The van der Waals surface area contributed by atoms with Crippen LogP contribution in [0.1, 0.15) is 18.9 Å². The fraction of sp³-hybridized carbons (Fsp3) is 0.231. The molecule has 0 aliphatic carbocycles. The maximum atomic E-state index is 11.4. The minimum absolute atomic E-state index is 0.0101. The fourth-order valence-corrected chi connectivity index (χ4v) is 1.74. The molecule has 1 aromatic rings. The highest BCUT2D eigenvalue weighted by molar-refractivity contribution is 5.99. The summed E-state index contributed by atoms with van der Waals surface area (Å²) in [5.74, 6) is -0.0813. The van der Waals surface area contributed by atoms with Gasteiger partial charge in [0.1, 0.15) is 0 Å². The lowest BCUT2D eigenvalue weighted by atomic mass is 10.1. The predicted octanol–water partition coefficient (Wildman–Crippen LogP) is 1.55. The Morgan fingerprint density at radius 2 is 2.06 bits per heavy atom. The molecule has 17 heavy (non-hydrogen) atoms. The van der Waals surface area contributed by atoms with E-state index < -0.39 is 0 Å². The van der Waals surface area contributed by atoms with Crippen molar-refractivity contribution in [1.29, 1.82) is 0 Å². The number of hydrogen-bond donors (Lipinski definition) is 2. The molecule has 4 heteroatoms. The standard InChI is InChI=1S/C13H14N2O2/c1-9(16)15-12-4-2-10(3-5-12)8-11-6-7-14-13(11)17/h2-5,8H,6-7H2,1H3,(H,14,17)(H,15,16)/b11-8-. The van der Waals surface area contributed by atoms with E-state index in [1.165, 1.54) is 6.92 Å². The van der Waals surface area contributed by atoms with Gasteiger partial charge in [0.05, 0.1) is 0 Å². The molecule has 88 valence electrons. The molecule has 1 aromatic carbocycles. The zero-order chi connectivity index (χ0) is 12.3. The summed E-state index contributed by atoms with van der Waals surface area (Å²) in [5, 5.41) is 5.46. The minimum atomic E-state index is -0.0914. The first-order valence-corrected chi connectivity index (χ1v) is 5.51. The first kappa shape index (κ1) is 11.4. The highest BCUT2D eigenvalue weighted by Gasteiger charge is 2.15. The molecule has 0 unspecified atom stereocenters. The molecule has 1 aliphatic rings. The van der Waals surface area contributed by atoms with Gasteiger partial charge in [-0.25, -0.2) is 0 Å². The van der Waals surface area contributed by atoms with Crippen LogP contribution in [0.3, 0.4) is 0 Å². The summed E-state index contributed by atoms with van der Waals surface area (Å²) in [5.41, 5.74) is 2.53. The monoisotopic (exact) mass is 230 g/mol. The first-order valence-electron chi connectivity index (χ1n) is 5.51. The molecule has 2 N–H and O–H groups in total. The summed E-state index contributed by atoms with van der Waals surface area (Å²) >= 11 is 0. The first-order chi connectivity index (χ1) is 8.15. The van der Waals surface area contributed by atoms with Crippen LogP contribution in [0.2, 0.25) is 0 Å². The van der Waals surface area contributed by atoms with Crippen molar-refractivity contribution in [2.75, 3.05) is 11.9 Å². The lowest BCUT2D eigenvalue weighted by Gasteiger charge is -2.02. The Bertz CT molecular complexity index is 475. The van der Waals surface area contributed by atoms with Gasteiger partial charge in [0, 0.05) is 24.7 Å². The zero-order valence-corrected chi connectivity index (χ0v) is 9.62. The number of carbonyl (C=O) groups is 2.